The number of rotatable bonds is 7. The fourth-order valence-corrected chi connectivity index (χ4v) is 4.98. The Bertz CT molecular complexity index is 773. The van der Waals surface area contributed by atoms with Gasteiger partial charge in [-0.25, -0.2) is 8.42 Å². The van der Waals surface area contributed by atoms with Crippen molar-refractivity contribution in [1.29, 1.82) is 0 Å². The van der Waals surface area contributed by atoms with Gasteiger partial charge in [-0.2, -0.15) is 4.31 Å². The molecule has 1 aliphatic rings. The zero-order valence-corrected chi connectivity index (χ0v) is 17.3. The summed E-state index contributed by atoms with van der Waals surface area (Å²) in [7, 11) is -2.19. The molecular weight excluding hydrogens is 366 g/mol. The number of carbonyl (C=O) groups is 2. The van der Waals surface area contributed by atoms with E-state index in [9.17, 15) is 18.0 Å². The molecule has 1 aromatic rings. The maximum Gasteiger partial charge on any atom is 0.243 e. The summed E-state index contributed by atoms with van der Waals surface area (Å²) in [4.78, 5) is 28.3. The monoisotopic (exact) mass is 395 g/mol. The van der Waals surface area contributed by atoms with Gasteiger partial charge in [0.2, 0.25) is 21.8 Å². The van der Waals surface area contributed by atoms with Crippen LogP contribution in [0.4, 0.5) is 0 Å². The molecule has 1 aromatic carbocycles. The predicted octanol–water partition coefficient (Wildman–Crippen LogP) is 1.47. The Morgan fingerprint density at radius 2 is 1.74 bits per heavy atom. The maximum atomic E-state index is 13.0. The van der Waals surface area contributed by atoms with E-state index in [1.165, 1.54) is 9.21 Å². The molecule has 0 saturated carbocycles. The summed E-state index contributed by atoms with van der Waals surface area (Å²) >= 11 is 0. The van der Waals surface area contributed by atoms with E-state index in [0.29, 0.717) is 32.5 Å². The molecule has 150 valence electrons. The first-order valence-electron chi connectivity index (χ1n) is 9.33. The van der Waals surface area contributed by atoms with Gasteiger partial charge in [0.1, 0.15) is 6.04 Å². The second kappa shape index (κ2) is 8.84. The number of sulfonamides is 1. The number of likely N-dealkylation sites (N-methyl/N-ethyl adjacent to an activating group) is 2. The van der Waals surface area contributed by atoms with Gasteiger partial charge in [-0.05, 0) is 45.7 Å². The van der Waals surface area contributed by atoms with Crippen molar-refractivity contribution in [2.45, 2.75) is 44.6 Å². The molecule has 8 heteroatoms. The fourth-order valence-electron chi connectivity index (χ4n) is 3.33. The largest absolute Gasteiger partial charge is 0.342 e. The highest BCUT2D eigenvalue weighted by Crippen LogP contribution is 2.27. The van der Waals surface area contributed by atoms with E-state index < -0.39 is 16.1 Å². The van der Waals surface area contributed by atoms with Crippen LogP contribution in [0.15, 0.2) is 29.2 Å². The molecule has 0 aromatic heterocycles. The van der Waals surface area contributed by atoms with E-state index >= 15 is 0 Å². The van der Waals surface area contributed by atoms with E-state index in [1.807, 2.05) is 20.8 Å². The van der Waals surface area contributed by atoms with Crippen molar-refractivity contribution in [3.63, 3.8) is 0 Å². The number of nitrogens with zero attached hydrogens (tertiary/aromatic N) is 3. The number of benzene rings is 1. The van der Waals surface area contributed by atoms with Crippen LogP contribution in [0.2, 0.25) is 0 Å². The minimum absolute atomic E-state index is 0.0462. The topological polar surface area (TPSA) is 78.0 Å². The van der Waals surface area contributed by atoms with Crippen LogP contribution in [0.1, 0.15) is 32.3 Å². The molecule has 0 unspecified atom stereocenters. The average molecular weight is 396 g/mol. The maximum absolute atomic E-state index is 13.0. The van der Waals surface area contributed by atoms with Gasteiger partial charge in [-0.1, -0.05) is 17.7 Å². The molecule has 1 fully saturated rings. The fraction of sp³-hybridized carbons (Fsp3) is 0.579. The van der Waals surface area contributed by atoms with E-state index in [1.54, 1.807) is 36.2 Å². The van der Waals surface area contributed by atoms with Crippen LogP contribution < -0.4 is 0 Å². The molecule has 1 aliphatic heterocycles. The molecule has 0 N–H and O–H groups in total. The van der Waals surface area contributed by atoms with Crippen molar-refractivity contribution < 1.29 is 18.0 Å². The van der Waals surface area contributed by atoms with Crippen LogP contribution in [0.3, 0.4) is 0 Å². The van der Waals surface area contributed by atoms with Crippen molar-refractivity contribution in [1.82, 2.24) is 14.1 Å². The van der Waals surface area contributed by atoms with Crippen molar-refractivity contribution in [3.8, 4) is 0 Å². The van der Waals surface area contributed by atoms with Gasteiger partial charge in [-0.15, -0.1) is 0 Å². The Hall–Kier alpha value is -1.93. The van der Waals surface area contributed by atoms with Crippen LogP contribution in [0, 0.1) is 6.92 Å². The van der Waals surface area contributed by atoms with Gasteiger partial charge in [0.25, 0.3) is 0 Å². The second-order valence-corrected chi connectivity index (χ2v) is 8.74. The van der Waals surface area contributed by atoms with Gasteiger partial charge >= 0.3 is 0 Å². The second-order valence-electron chi connectivity index (χ2n) is 6.85. The lowest BCUT2D eigenvalue weighted by Gasteiger charge is -2.28. The van der Waals surface area contributed by atoms with Gasteiger partial charge < -0.3 is 9.80 Å². The Balaban J connectivity index is 2.16. The molecule has 1 saturated heterocycles. The average Bonchev–Trinajstić information content (AvgIpc) is 3.13. The number of carbonyl (C=O) groups excluding carboxylic acids is 2. The lowest BCUT2D eigenvalue weighted by atomic mass is 10.2. The third-order valence-electron chi connectivity index (χ3n) is 4.98. The molecular formula is C19H29N3O4S. The van der Waals surface area contributed by atoms with Crippen LogP contribution in [0.5, 0.6) is 0 Å². The Kier molecular flexibility index (Phi) is 7.00. The lowest BCUT2D eigenvalue weighted by molar-refractivity contribution is -0.141. The van der Waals surface area contributed by atoms with Gasteiger partial charge in [0.15, 0.2) is 0 Å². The van der Waals surface area contributed by atoms with Crippen molar-refractivity contribution in [2.24, 2.45) is 0 Å². The smallest absolute Gasteiger partial charge is 0.243 e. The predicted molar refractivity (Wildman–Crippen MR) is 104 cm³/mol. The molecule has 27 heavy (non-hydrogen) atoms. The van der Waals surface area contributed by atoms with E-state index in [0.717, 1.165) is 5.56 Å². The zero-order chi connectivity index (χ0) is 20.2. The minimum Gasteiger partial charge on any atom is -0.342 e. The van der Waals surface area contributed by atoms with Gasteiger partial charge in [0.05, 0.1) is 11.4 Å². The summed E-state index contributed by atoms with van der Waals surface area (Å²) in [5.74, 6) is -0.467. The molecule has 7 nitrogen and oxygen atoms in total. The first-order chi connectivity index (χ1) is 12.7. The molecule has 1 atom stereocenters. The lowest BCUT2D eigenvalue weighted by Crippen LogP contribution is -2.49. The highest BCUT2D eigenvalue weighted by atomic mass is 32.2. The summed E-state index contributed by atoms with van der Waals surface area (Å²) in [6.07, 6.45) is 1.09. The van der Waals surface area contributed by atoms with Gasteiger partial charge in [-0.3, -0.25) is 9.59 Å². The third-order valence-corrected chi connectivity index (χ3v) is 6.90. The van der Waals surface area contributed by atoms with Crippen molar-refractivity contribution >= 4 is 21.8 Å². The normalized spacial score (nSPS) is 17.7. The van der Waals surface area contributed by atoms with E-state index in [4.69, 9.17) is 0 Å². The molecule has 0 radical (unpaired) electrons. The molecule has 2 amide bonds. The summed E-state index contributed by atoms with van der Waals surface area (Å²) in [5.41, 5.74) is 0.970. The Morgan fingerprint density at radius 3 is 2.30 bits per heavy atom. The van der Waals surface area contributed by atoms with Crippen LogP contribution in [0.25, 0.3) is 0 Å². The number of hydrogen-bond acceptors (Lipinski definition) is 4. The summed E-state index contributed by atoms with van der Waals surface area (Å²) in [6, 6.07) is 5.87. The van der Waals surface area contributed by atoms with E-state index in [2.05, 4.69) is 0 Å². The van der Waals surface area contributed by atoms with Crippen molar-refractivity contribution in [3.05, 3.63) is 29.8 Å². The third kappa shape index (κ3) is 4.68. The first kappa shape index (κ1) is 21.4. The quantitative estimate of drug-likeness (QED) is 0.701. The first-order valence-corrected chi connectivity index (χ1v) is 10.8. The van der Waals surface area contributed by atoms with Crippen LogP contribution in [-0.4, -0.2) is 73.6 Å². The highest BCUT2D eigenvalue weighted by Gasteiger charge is 2.40. The van der Waals surface area contributed by atoms with Crippen LogP contribution >= 0.6 is 0 Å². The number of aryl methyl sites for hydroxylation is 1. The summed E-state index contributed by atoms with van der Waals surface area (Å²) < 4.78 is 27.2. The number of hydrogen-bond donors (Lipinski definition) is 0. The standard InChI is InChI=1S/C19H29N3O4S/c1-5-21(6-2)18(23)14-20(4)19(24)17-8-7-13-22(17)27(25,26)16-11-9-15(3)10-12-16/h9-12,17H,5-8,13-14H2,1-4H3/t17-/m0/s1. The van der Waals surface area contributed by atoms with E-state index in [-0.39, 0.29) is 23.3 Å². The zero-order valence-electron chi connectivity index (χ0n) is 16.5. The summed E-state index contributed by atoms with van der Waals surface area (Å²) in [6.45, 7) is 7.08. The Labute approximate surface area is 162 Å². The minimum atomic E-state index is -3.75. The molecule has 2 rings (SSSR count). The molecule has 0 aliphatic carbocycles. The van der Waals surface area contributed by atoms with Gasteiger partial charge in [0, 0.05) is 26.7 Å². The molecule has 0 spiro atoms. The molecule has 0 bridgehead atoms. The van der Waals surface area contributed by atoms with Crippen molar-refractivity contribution in [2.75, 3.05) is 33.2 Å². The van der Waals surface area contributed by atoms with Crippen LogP contribution in [-0.2, 0) is 19.6 Å². The SMILES string of the molecule is CCN(CC)C(=O)CN(C)C(=O)[C@@H]1CCCN1S(=O)(=O)c1ccc(C)cc1. The highest BCUT2D eigenvalue weighted by molar-refractivity contribution is 7.89. The number of amides is 2. The summed E-state index contributed by atoms with van der Waals surface area (Å²) in [5, 5.41) is 0. The molecule has 1 heterocycles. The Morgan fingerprint density at radius 1 is 1.15 bits per heavy atom.